The number of nitrogens with one attached hydrogen (secondary N) is 1. The number of pyridine rings is 1. The second kappa shape index (κ2) is 3.14. The van der Waals surface area contributed by atoms with Gasteiger partial charge in [0.1, 0.15) is 0 Å². The van der Waals surface area contributed by atoms with Gasteiger partial charge in [-0.2, -0.15) is 0 Å². The van der Waals surface area contributed by atoms with Crippen LogP contribution in [0.3, 0.4) is 0 Å². The van der Waals surface area contributed by atoms with Gasteiger partial charge in [0, 0.05) is 18.8 Å². The summed E-state index contributed by atoms with van der Waals surface area (Å²) in [7, 11) is 1.77. The van der Waals surface area contributed by atoms with E-state index in [9.17, 15) is 4.79 Å². The van der Waals surface area contributed by atoms with Crippen molar-refractivity contribution < 1.29 is 4.79 Å². The van der Waals surface area contributed by atoms with Crippen LogP contribution < -0.4 is 5.32 Å². The average Bonchev–Trinajstić information content (AvgIpc) is 2.04. The molecule has 0 aliphatic rings. The van der Waals surface area contributed by atoms with Crippen molar-refractivity contribution in [2.75, 3.05) is 12.4 Å². The first kappa shape index (κ1) is 7.72. The Morgan fingerprint density at radius 1 is 1.64 bits per heavy atom. The molecule has 58 valence electrons. The molecule has 0 spiro atoms. The highest BCUT2D eigenvalue weighted by atomic mass is 16.1. The minimum atomic E-state index is 0.0525. The molecule has 0 unspecified atom stereocenters. The predicted molar refractivity (Wildman–Crippen MR) is 43.8 cm³/mol. The number of nitrogens with zero attached hydrogens (tertiary/aromatic N) is 1. The normalized spacial score (nSPS) is 9.27. The third-order valence-electron chi connectivity index (χ3n) is 1.47. The van der Waals surface area contributed by atoms with Crippen molar-refractivity contribution in [3.8, 4) is 0 Å². The number of ketones is 1. The Balaban J connectivity index is 3.12. The second-order valence-corrected chi connectivity index (χ2v) is 2.23. The van der Waals surface area contributed by atoms with Crippen LogP contribution in [-0.2, 0) is 0 Å². The molecule has 1 N–H and O–H groups in total. The summed E-state index contributed by atoms with van der Waals surface area (Å²) in [6.45, 7) is 1.54. The molecule has 0 saturated carbocycles. The Morgan fingerprint density at radius 3 is 2.82 bits per heavy atom. The molecule has 1 rings (SSSR count). The molecule has 3 heteroatoms. The molecule has 0 aliphatic heterocycles. The van der Waals surface area contributed by atoms with Gasteiger partial charge in [-0.25, -0.2) is 0 Å². The van der Waals surface area contributed by atoms with Gasteiger partial charge in [-0.3, -0.25) is 9.78 Å². The van der Waals surface area contributed by atoms with Gasteiger partial charge in [0.05, 0.1) is 11.9 Å². The standard InChI is InChI=1S/C8H10N2O/c1-6(11)7-3-4-10-5-8(7)9-2/h3-5,9H,1-2H3. The fraction of sp³-hybridized carbons (Fsp3) is 0.250. The lowest BCUT2D eigenvalue weighted by molar-refractivity contribution is 0.101. The SMILES string of the molecule is CNc1cnccc1C(C)=O. The summed E-state index contributed by atoms with van der Waals surface area (Å²) in [5.41, 5.74) is 1.46. The zero-order valence-electron chi connectivity index (χ0n) is 6.59. The van der Waals surface area contributed by atoms with Crippen LogP contribution in [0.1, 0.15) is 17.3 Å². The maximum Gasteiger partial charge on any atom is 0.161 e. The molecule has 0 bridgehead atoms. The zero-order chi connectivity index (χ0) is 8.27. The first-order valence-corrected chi connectivity index (χ1v) is 3.38. The predicted octanol–water partition coefficient (Wildman–Crippen LogP) is 1.33. The van der Waals surface area contributed by atoms with Crippen LogP contribution in [-0.4, -0.2) is 17.8 Å². The zero-order valence-corrected chi connectivity index (χ0v) is 6.59. The van der Waals surface area contributed by atoms with Gasteiger partial charge in [0.15, 0.2) is 5.78 Å². The van der Waals surface area contributed by atoms with Crippen molar-refractivity contribution >= 4 is 11.5 Å². The van der Waals surface area contributed by atoms with E-state index < -0.39 is 0 Å². The number of Topliss-reactive ketones (excluding diaryl/α,β-unsaturated/α-hetero) is 1. The van der Waals surface area contributed by atoms with Gasteiger partial charge in [-0.15, -0.1) is 0 Å². The van der Waals surface area contributed by atoms with Gasteiger partial charge in [-0.1, -0.05) is 0 Å². The Hall–Kier alpha value is -1.38. The van der Waals surface area contributed by atoms with E-state index in [-0.39, 0.29) is 5.78 Å². The van der Waals surface area contributed by atoms with E-state index in [1.54, 1.807) is 25.5 Å². The molecule has 1 aromatic heterocycles. The fourth-order valence-electron chi connectivity index (χ4n) is 0.901. The smallest absolute Gasteiger partial charge is 0.161 e. The van der Waals surface area contributed by atoms with Crippen molar-refractivity contribution in [3.63, 3.8) is 0 Å². The number of anilines is 1. The fourth-order valence-corrected chi connectivity index (χ4v) is 0.901. The number of hydrogen-bond acceptors (Lipinski definition) is 3. The lowest BCUT2D eigenvalue weighted by Gasteiger charge is -2.03. The highest BCUT2D eigenvalue weighted by molar-refractivity contribution is 5.99. The number of carbonyl (C=O) groups excluding carboxylic acids is 1. The molecule has 0 aromatic carbocycles. The van der Waals surface area contributed by atoms with Crippen LogP contribution in [0.25, 0.3) is 0 Å². The van der Waals surface area contributed by atoms with Crippen molar-refractivity contribution in [2.45, 2.75) is 6.92 Å². The van der Waals surface area contributed by atoms with Crippen LogP contribution in [0.5, 0.6) is 0 Å². The van der Waals surface area contributed by atoms with E-state index in [1.807, 2.05) is 0 Å². The summed E-state index contributed by atoms with van der Waals surface area (Å²) in [6.07, 6.45) is 3.24. The molecular formula is C8H10N2O. The summed E-state index contributed by atoms with van der Waals surface area (Å²) >= 11 is 0. The first-order chi connectivity index (χ1) is 5.25. The summed E-state index contributed by atoms with van der Waals surface area (Å²) in [5, 5.41) is 2.89. The van der Waals surface area contributed by atoms with E-state index in [1.165, 1.54) is 6.92 Å². The molecular weight excluding hydrogens is 140 g/mol. The topological polar surface area (TPSA) is 42.0 Å². The molecule has 1 heterocycles. The van der Waals surface area contributed by atoms with E-state index in [2.05, 4.69) is 10.3 Å². The maximum atomic E-state index is 11.0. The molecule has 3 nitrogen and oxygen atoms in total. The minimum Gasteiger partial charge on any atom is -0.386 e. The minimum absolute atomic E-state index is 0.0525. The number of carbonyl (C=O) groups is 1. The first-order valence-electron chi connectivity index (χ1n) is 3.38. The third-order valence-corrected chi connectivity index (χ3v) is 1.47. The second-order valence-electron chi connectivity index (χ2n) is 2.23. The highest BCUT2D eigenvalue weighted by Gasteiger charge is 2.03. The van der Waals surface area contributed by atoms with Crippen LogP contribution in [0.2, 0.25) is 0 Å². The van der Waals surface area contributed by atoms with Gasteiger partial charge >= 0.3 is 0 Å². The van der Waals surface area contributed by atoms with E-state index in [0.29, 0.717) is 5.56 Å². The summed E-state index contributed by atoms with van der Waals surface area (Å²) in [6, 6.07) is 1.70. The van der Waals surface area contributed by atoms with Gasteiger partial charge in [0.25, 0.3) is 0 Å². The van der Waals surface area contributed by atoms with Crippen LogP contribution >= 0.6 is 0 Å². The van der Waals surface area contributed by atoms with Gasteiger partial charge in [-0.05, 0) is 13.0 Å². The Kier molecular flexibility index (Phi) is 2.21. The quantitative estimate of drug-likeness (QED) is 0.646. The molecule has 0 aliphatic carbocycles. The van der Waals surface area contributed by atoms with Crippen LogP contribution in [0.15, 0.2) is 18.5 Å². The molecule has 0 amide bonds. The van der Waals surface area contributed by atoms with Crippen LogP contribution in [0.4, 0.5) is 5.69 Å². The average molecular weight is 150 g/mol. The summed E-state index contributed by atoms with van der Waals surface area (Å²) in [5.74, 6) is 0.0525. The molecule has 0 atom stereocenters. The summed E-state index contributed by atoms with van der Waals surface area (Å²) < 4.78 is 0. The molecule has 0 radical (unpaired) electrons. The van der Waals surface area contributed by atoms with Crippen molar-refractivity contribution in [2.24, 2.45) is 0 Å². The lowest BCUT2D eigenvalue weighted by atomic mass is 10.1. The van der Waals surface area contributed by atoms with E-state index in [4.69, 9.17) is 0 Å². The monoisotopic (exact) mass is 150 g/mol. The summed E-state index contributed by atoms with van der Waals surface area (Å²) in [4.78, 5) is 14.8. The van der Waals surface area contributed by atoms with Crippen molar-refractivity contribution in [3.05, 3.63) is 24.0 Å². The number of rotatable bonds is 2. The number of aromatic nitrogens is 1. The van der Waals surface area contributed by atoms with E-state index >= 15 is 0 Å². The lowest BCUT2D eigenvalue weighted by Crippen LogP contribution is -1.99. The Bertz CT molecular complexity index is 271. The van der Waals surface area contributed by atoms with Gasteiger partial charge in [0.2, 0.25) is 0 Å². The van der Waals surface area contributed by atoms with Crippen molar-refractivity contribution in [1.82, 2.24) is 4.98 Å². The number of hydrogen-bond donors (Lipinski definition) is 1. The molecule has 0 fully saturated rings. The largest absolute Gasteiger partial charge is 0.386 e. The molecule has 1 aromatic rings. The molecule has 11 heavy (non-hydrogen) atoms. The molecule has 0 saturated heterocycles. The van der Waals surface area contributed by atoms with Crippen molar-refractivity contribution in [1.29, 1.82) is 0 Å². The third kappa shape index (κ3) is 1.55. The van der Waals surface area contributed by atoms with Crippen LogP contribution in [0, 0.1) is 0 Å². The van der Waals surface area contributed by atoms with Gasteiger partial charge < -0.3 is 5.32 Å². The Labute approximate surface area is 65.5 Å². The van der Waals surface area contributed by atoms with E-state index in [0.717, 1.165) is 5.69 Å². The maximum absolute atomic E-state index is 11.0. The Morgan fingerprint density at radius 2 is 2.36 bits per heavy atom. The highest BCUT2D eigenvalue weighted by Crippen LogP contribution is 2.12.